The maximum atomic E-state index is 13.2. The van der Waals surface area contributed by atoms with Crippen molar-refractivity contribution in [1.82, 2.24) is 9.80 Å². The molecule has 2 aliphatic heterocycles. The van der Waals surface area contributed by atoms with Crippen LogP contribution in [-0.2, 0) is 4.79 Å². The summed E-state index contributed by atoms with van der Waals surface area (Å²) < 4.78 is 10.9. The summed E-state index contributed by atoms with van der Waals surface area (Å²) in [7, 11) is 3.92. The molecule has 2 heterocycles. The first kappa shape index (κ1) is 16.9. The Kier molecular flexibility index (Phi) is 4.55. The van der Waals surface area contributed by atoms with Crippen molar-refractivity contribution in [1.29, 1.82) is 0 Å². The highest BCUT2D eigenvalue weighted by atomic mass is 16.7. The molecular weight excluding hydrogens is 328 g/mol. The van der Waals surface area contributed by atoms with E-state index in [-0.39, 0.29) is 18.7 Å². The second-order valence-corrected chi connectivity index (χ2v) is 7.16. The first-order valence-corrected chi connectivity index (χ1v) is 9.03. The molecule has 2 aromatic carbocycles. The second-order valence-electron chi connectivity index (χ2n) is 7.16. The van der Waals surface area contributed by atoms with Crippen molar-refractivity contribution in [3.8, 4) is 11.5 Å². The topological polar surface area (TPSA) is 42.0 Å². The van der Waals surface area contributed by atoms with Crippen molar-refractivity contribution < 1.29 is 14.3 Å². The summed E-state index contributed by atoms with van der Waals surface area (Å²) in [6, 6.07) is 15.9. The Balaban J connectivity index is 1.50. The Morgan fingerprint density at radius 3 is 2.65 bits per heavy atom. The minimum Gasteiger partial charge on any atom is -0.454 e. The average molecular weight is 352 g/mol. The van der Waals surface area contributed by atoms with Crippen LogP contribution in [0.25, 0.3) is 0 Å². The van der Waals surface area contributed by atoms with Gasteiger partial charge in [0, 0.05) is 19.0 Å². The van der Waals surface area contributed by atoms with E-state index in [0.29, 0.717) is 5.92 Å². The van der Waals surface area contributed by atoms with Crippen molar-refractivity contribution in [2.45, 2.75) is 18.4 Å². The minimum atomic E-state index is -0.244. The van der Waals surface area contributed by atoms with Crippen LogP contribution < -0.4 is 9.47 Å². The van der Waals surface area contributed by atoms with Gasteiger partial charge in [-0.3, -0.25) is 9.69 Å². The number of likely N-dealkylation sites (N-methyl/N-ethyl adjacent to an activating group) is 1. The molecule has 136 valence electrons. The molecular formula is C21H24N2O3. The van der Waals surface area contributed by atoms with Crippen LogP contribution in [0.2, 0.25) is 0 Å². The number of rotatable bonds is 4. The zero-order valence-corrected chi connectivity index (χ0v) is 15.2. The fraction of sp³-hybridized carbons (Fsp3) is 0.381. The van der Waals surface area contributed by atoms with Gasteiger partial charge in [-0.2, -0.15) is 0 Å². The first-order valence-electron chi connectivity index (χ1n) is 9.03. The Morgan fingerprint density at radius 1 is 1.12 bits per heavy atom. The van der Waals surface area contributed by atoms with Crippen LogP contribution in [0.4, 0.5) is 0 Å². The molecule has 1 saturated heterocycles. The molecule has 0 aliphatic carbocycles. The van der Waals surface area contributed by atoms with E-state index in [1.165, 1.54) is 5.56 Å². The third-order valence-corrected chi connectivity index (χ3v) is 5.23. The minimum absolute atomic E-state index is 0.171. The number of likely N-dealkylation sites (tertiary alicyclic amines) is 1. The lowest BCUT2D eigenvalue weighted by molar-refractivity contribution is -0.135. The van der Waals surface area contributed by atoms with E-state index in [4.69, 9.17) is 9.47 Å². The van der Waals surface area contributed by atoms with E-state index in [1.807, 2.05) is 60.3 Å². The monoisotopic (exact) mass is 352 g/mol. The maximum Gasteiger partial charge on any atom is 0.244 e. The standard InChI is InChI=1S/C21H24N2O3/c1-22(2)20(15-6-4-3-5-7-15)21(24)23-11-10-17(13-23)16-8-9-18-19(12-16)26-14-25-18/h3-9,12,17,20H,10-11,13-14H2,1-2H3. The van der Waals surface area contributed by atoms with E-state index in [0.717, 1.165) is 36.6 Å². The predicted molar refractivity (Wildman–Crippen MR) is 99.4 cm³/mol. The number of carbonyl (C=O) groups is 1. The molecule has 0 spiro atoms. The van der Waals surface area contributed by atoms with Gasteiger partial charge in [0.2, 0.25) is 12.7 Å². The average Bonchev–Trinajstić information content (AvgIpc) is 3.31. The SMILES string of the molecule is CN(C)C(C(=O)N1CCC(c2ccc3c(c2)OCO3)C1)c1ccccc1. The largest absolute Gasteiger partial charge is 0.454 e. The molecule has 0 saturated carbocycles. The lowest BCUT2D eigenvalue weighted by atomic mass is 9.98. The summed E-state index contributed by atoms with van der Waals surface area (Å²) in [5.74, 6) is 2.12. The normalized spacial score (nSPS) is 19.8. The Labute approximate surface area is 154 Å². The zero-order chi connectivity index (χ0) is 18.1. The molecule has 2 unspecified atom stereocenters. The molecule has 1 amide bonds. The van der Waals surface area contributed by atoms with Crippen molar-refractivity contribution in [2.24, 2.45) is 0 Å². The smallest absolute Gasteiger partial charge is 0.244 e. The Bertz CT molecular complexity index is 791. The molecule has 5 heteroatoms. The molecule has 1 fully saturated rings. The molecule has 0 aromatic heterocycles. The van der Waals surface area contributed by atoms with E-state index >= 15 is 0 Å². The fourth-order valence-corrected chi connectivity index (χ4v) is 3.87. The Hall–Kier alpha value is -2.53. The zero-order valence-electron chi connectivity index (χ0n) is 15.2. The number of carbonyl (C=O) groups excluding carboxylic acids is 1. The molecule has 0 N–H and O–H groups in total. The van der Waals surface area contributed by atoms with Crippen molar-refractivity contribution in [2.75, 3.05) is 34.0 Å². The van der Waals surface area contributed by atoms with Gasteiger partial charge >= 0.3 is 0 Å². The Morgan fingerprint density at radius 2 is 1.88 bits per heavy atom. The van der Waals surface area contributed by atoms with E-state index in [9.17, 15) is 4.79 Å². The second kappa shape index (κ2) is 7.00. The lowest BCUT2D eigenvalue weighted by Crippen LogP contribution is -2.39. The molecule has 26 heavy (non-hydrogen) atoms. The van der Waals surface area contributed by atoms with Gasteiger partial charge in [0.1, 0.15) is 6.04 Å². The number of hydrogen-bond donors (Lipinski definition) is 0. The van der Waals surface area contributed by atoms with Gasteiger partial charge in [0.15, 0.2) is 11.5 Å². The van der Waals surface area contributed by atoms with E-state index in [1.54, 1.807) is 0 Å². The van der Waals surface area contributed by atoms with Crippen molar-refractivity contribution >= 4 is 5.91 Å². The van der Waals surface area contributed by atoms with Crippen LogP contribution >= 0.6 is 0 Å². The van der Waals surface area contributed by atoms with Crippen LogP contribution in [0.1, 0.15) is 29.5 Å². The summed E-state index contributed by atoms with van der Waals surface area (Å²) in [6.07, 6.45) is 0.973. The number of nitrogens with zero attached hydrogens (tertiary/aromatic N) is 2. The van der Waals surface area contributed by atoms with Crippen LogP contribution in [0, 0.1) is 0 Å². The van der Waals surface area contributed by atoms with Gasteiger partial charge in [-0.05, 0) is 43.8 Å². The molecule has 0 radical (unpaired) electrons. The van der Waals surface area contributed by atoms with Crippen LogP contribution in [0.3, 0.4) is 0 Å². The van der Waals surface area contributed by atoms with Gasteiger partial charge in [0.25, 0.3) is 0 Å². The summed E-state index contributed by atoms with van der Waals surface area (Å²) in [5.41, 5.74) is 2.25. The number of hydrogen-bond acceptors (Lipinski definition) is 4. The molecule has 2 atom stereocenters. The van der Waals surface area contributed by atoms with Gasteiger partial charge in [-0.15, -0.1) is 0 Å². The van der Waals surface area contributed by atoms with Crippen molar-refractivity contribution in [3.05, 3.63) is 59.7 Å². The first-order chi connectivity index (χ1) is 12.6. The quantitative estimate of drug-likeness (QED) is 0.848. The van der Waals surface area contributed by atoms with E-state index < -0.39 is 0 Å². The molecule has 2 aromatic rings. The number of ether oxygens (including phenoxy) is 2. The highest BCUT2D eigenvalue weighted by Gasteiger charge is 2.33. The highest BCUT2D eigenvalue weighted by Crippen LogP contribution is 2.37. The molecule has 5 nitrogen and oxygen atoms in total. The lowest BCUT2D eigenvalue weighted by Gasteiger charge is -2.28. The highest BCUT2D eigenvalue weighted by molar-refractivity contribution is 5.83. The van der Waals surface area contributed by atoms with Gasteiger partial charge in [-0.25, -0.2) is 0 Å². The fourth-order valence-electron chi connectivity index (χ4n) is 3.87. The van der Waals surface area contributed by atoms with Crippen LogP contribution in [0.15, 0.2) is 48.5 Å². The predicted octanol–water partition coefficient (Wildman–Crippen LogP) is 3.03. The van der Waals surface area contributed by atoms with Crippen LogP contribution in [0.5, 0.6) is 11.5 Å². The van der Waals surface area contributed by atoms with Crippen LogP contribution in [-0.4, -0.2) is 49.7 Å². The number of benzene rings is 2. The summed E-state index contributed by atoms with van der Waals surface area (Å²) in [5, 5.41) is 0. The molecule has 4 rings (SSSR count). The van der Waals surface area contributed by atoms with Gasteiger partial charge < -0.3 is 14.4 Å². The maximum absolute atomic E-state index is 13.2. The van der Waals surface area contributed by atoms with E-state index in [2.05, 4.69) is 12.1 Å². The summed E-state index contributed by atoms with van der Waals surface area (Å²) in [6.45, 7) is 1.82. The van der Waals surface area contributed by atoms with Gasteiger partial charge in [0.05, 0.1) is 0 Å². The third-order valence-electron chi connectivity index (χ3n) is 5.23. The molecule has 2 aliphatic rings. The number of fused-ring (bicyclic) bond motifs is 1. The van der Waals surface area contributed by atoms with Gasteiger partial charge in [-0.1, -0.05) is 36.4 Å². The summed E-state index contributed by atoms with van der Waals surface area (Å²) in [4.78, 5) is 17.2. The van der Waals surface area contributed by atoms with Crippen molar-refractivity contribution in [3.63, 3.8) is 0 Å². The third kappa shape index (κ3) is 3.15. The number of amides is 1. The summed E-state index contributed by atoms with van der Waals surface area (Å²) >= 11 is 0. The molecule has 0 bridgehead atoms.